The van der Waals surface area contributed by atoms with Gasteiger partial charge in [-0.2, -0.15) is 0 Å². The lowest BCUT2D eigenvalue weighted by molar-refractivity contribution is 0.104. The van der Waals surface area contributed by atoms with Gasteiger partial charge in [-0.05, 0) is 60.7 Å². The molecule has 2 nitrogen and oxygen atoms in total. The Balaban J connectivity index is 1.65. The van der Waals surface area contributed by atoms with Crippen LogP contribution in [0.25, 0.3) is 0 Å². The van der Waals surface area contributed by atoms with Crippen LogP contribution in [0.1, 0.15) is 52.8 Å². The maximum atomic E-state index is 11.0. The maximum Gasteiger partial charge on any atom is 0.0692 e. The Morgan fingerprint density at radius 1 is 1.20 bits per heavy atom. The average molecular weight is 285 g/mol. The second kappa shape index (κ2) is 4.97. The molecule has 1 N–H and O–H groups in total. The Morgan fingerprint density at radius 2 is 2.15 bits per heavy atom. The number of hydrogen-bond donors (Lipinski definition) is 1. The first-order chi connectivity index (χ1) is 9.84. The van der Waals surface area contributed by atoms with Crippen molar-refractivity contribution in [2.45, 2.75) is 50.0 Å². The van der Waals surface area contributed by atoms with Crippen LogP contribution in [0.2, 0.25) is 0 Å². The summed E-state index contributed by atoms with van der Waals surface area (Å²) in [6.07, 6.45) is 7.20. The van der Waals surface area contributed by atoms with Gasteiger partial charge in [0.15, 0.2) is 0 Å². The van der Waals surface area contributed by atoms with Crippen LogP contribution in [0.5, 0.6) is 0 Å². The maximum absolute atomic E-state index is 11.0. The zero-order valence-electron chi connectivity index (χ0n) is 11.5. The van der Waals surface area contributed by atoms with Crippen molar-refractivity contribution in [3.63, 3.8) is 0 Å². The summed E-state index contributed by atoms with van der Waals surface area (Å²) in [4.78, 5) is 6.03. The normalized spacial score (nSPS) is 26.1. The predicted octanol–water partition coefficient (Wildman–Crippen LogP) is 3.65. The predicted molar refractivity (Wildman–Crippen MR) is 81.3 cm³/mol. The van der Waals surface area contributed by atoms with Crippen molar-refractivity contribution in [2.24, 2.45) is 0 Å². The highest BCUT2D eigenvalue weighted by Crippen LogP contribution is 2.44. The van der Waals surface area contributed by atoms with Gasteiger partial charge in [-0.3, -0.25) is 4.98 Å². The lowest BCUT2D eigenvalue weighted by Crippen LogP contribution is -2.27. The van der Waals surface area contributed by atoms with Crippen molar-refractivity contribution in [2.75, 3.05) is 0 Å². The van der Waals surface area contributed by atoms with E-state index in [1.807, 2.05) is 23.6 Å². The summed E-state index contributed by atoms with van der Waals surface area (Å²) in [7, 11) is 0. The van der Waals surface area contributed by atoms with Crippen LogP contribution in [0.3, 0.4) is 0 Å². The van der Waals surface area contributed by atoms with E-state index < -0.39 is 0 Å². The number of nitrogens with zero attached hydrogens (tertiary/aromatic N) is 1. The summed E-state index contributed by atoms with van der Waals surface area (Å²) < 4.78 is 0. The summed E-state index contributed by atoms with van der Waals surface area (Å²) in [5, 5.41) is 13.1. The zero-order valence-corrected chi connectivity index (χ0v) is 12.3. The smallest absolute Gasteiger partial charge is 0.0692 e. The molecular weight excluding hydrogens is 266 g/mol. The van der Waals surface area contributed by atoms with Crippen LogP contribution in [-0.4, -0.2) is 16.2 Å². The number of aryl methyl sites for hydroxylation is 2. The molecule has 0 bridgehead atoms. The summed E-state index contributed by atoms with van der Waals surface area (Å²) in [5.74, 6) is 0.532. The number of rotatable bonds is 2. The Kier molecular flexibility index (Phi) is 3.12. The van der Waals surface area contributed by atoms with Gasteiger partial charge in [0.1, 0.15) is 0 Å². The van der Waals surface area contributed by atoms with Gasteiger partial charge in [0.2, 0.25) is 0 Å². The molecule has 3 atom stereocenters. The lowest BCUT2D eigenvalue weighted by atomic mass is 9.78. The molecule has 2 aromatic heterocycles. The standard InChI is InChI=1S/C17H19NOS/c19-17(13-4-1-5-15-12(13)8-10-20-15)14-7-6-11-3-2-9-18-16(11)14/h2-3,8-10,13-14,17,19H,1,4-7H2. The molecule has 3 heteroatoms. The van der Waals surface area contributed by atoms with Crippen LogP contribution >= 0.6 is 11.3 Å². The van der Waals surface area contributed by atoms with E-state index in [1.54, 1.807) is 0 Å². The number of fused-ring (bicyclic) bond motifs is 2. The fourth-order valence-corrected chi connectivity index (χ4v) is 4.93. The first-order valence-corrected chi connectivity index (χ1v) is 8.40. The fourth-order valence-electron chi connectivity index (χ4n) is 3.93. The summed E-state index contributed by atoms with van der Waals surface area (Å²) in [5.41, 5.74) is 3.87. The first kappa shape index (κ1) is 12.5. The van der Waals surface area contributed by atoms with Gasteiger partial charge in [-0.15, -0.1) is 11.3 Å². The number of aromatic nitrogens is 1. The molecule has 0 spiro atoms. The van der Waals surface area contributed by atoms with Crippen molar-refractivity contribution < 1.29 is 5.11 Å². The highest BCUT2D eigenvalue weighted by Gasteiger charge is 2.37. The molecule has 2 aromatic rings. The quantitative estimate of drug-likeness (QED) is 0.913. The Labute approximate surface area is 123 Å². The van der Waals surface area contributed by atoms with Gasteiger partial charge in [0, 0.05) is 28.6 Å². The number of hydrogen-bond acceptors (Lipinski definition) is 3. The Bertz CT molecular complexity index is 621. The zero-order chi connectivity index (χ0) is 13.5. The fraction of sp³-hybridized carbons (Fsp3) is 0.471. The van der Waals surface area contributed by atoms with Crippen molar-refractivity contribution in [1.29, 1.82) is 0 Å². The molecule has 3 unspecified atom stereocenters. The third kappa shape index (κ3) is 1.92. The van der Waals surface area contributed by atoms with Crippen molar-refractivity contribution in [3.8, 4) is 0 Å². The number of thiophene rings is 1. The summed E-state index contributed by atoms with van der Waals surface area (Å²) in [6, 6.07) is 6.39. The Hall–Kier alpha value is -1.19. The van der Waals surface area contributed by atoms with Crippen LogP contribution in [-0.2, 0) is 12.8 Å². The van der Waals surface area contributed by atoms with Crippen molar-refractivity contribution in [1.82, 2.24) is 4.98 Å². The number of aliphatic hydroxyl groups excluding tert-OH is 1. The van der Waals surface area contributed by atoms with Gasteiger partial charge in [0.05, 0.1) is 6.10 Å². The topological polar surface area (TPSA) is 33.1 Å². The molecule has 0 aromatic carbocycles. The summed E-state index contributed by atoms with van der Waals surface area (Å²) in [6.45, 7) is 0. The third-order valence-electron chi connectivity index (χ3n) is 4.92. The largest absolute Gasteiger partial charge is 0.392 e. The van der Waals surface area contributed by atoms with Crippen molar-refractivity contribution >= 4 is 11.3 Å². The van der Waals surface area contributed by atoms with Gasteiger partial charge in [-0.1, -0.05) is 6.07 Å². The minimum atomic E-state index is -0.278. The van der Waals surface area contributed by atoms with E-state index >= 15 is 0 Å². The van der Waals surface area contributed by atoms with E-state index in [0.717, 1.165) is 25.0 Å². The summed E-state index contributed by atoms with van der Waals surface area (Å²) >= 11 is 1.85. The molecule has 0 amide bonds. The molecule has 104 valence electrons. The van der Waals surface area contributed by atoms with E-state index in [4.69, 9.17) is 0 Å². The van der Waals surface area contributed by atoms with Crippen LogP contribution in [0, 0.1) is 0 Å². The van der Waals surface area contributed by atoms with Crippen LogP contribution < -0.4 is 0 Å². The molecule has 20 heavy (non-hydrogen) atoms. The highest BCUT2D eigenvalue weighted by atomic mass is 32.1. The second-order valence-corrected chi connectivity index (χ2v) is 6.98. The molecule has 2 aliphatic rings. The van der Waals surface area contributed by atoms with Crippen LogP contribution in [0.15, 0.2) is 29.8 Å². The van der Waals surface area contributed by atoms with Gasteiger partial charge in [-0.25, -0.2) is 0 Å². The second-order valence-electron chi connectivity index (χ2n) is 5.98. The van der Waals surface area contributed by atoms with E-state index in [0.29, 0.717) is 5.92 Å². The third-order valence-corrected chi connectivity index (χ3v) is 5.92. The number of aliphatic hydroxyl groups is 1. The first-order valence-electron chi connectivity index (χ1n) is 7.52. The van der Waals surface area contributed by atoms with E-state index in [9.17, 15) is 5.11 Å². The van der Waals surface area contributed by atoms with Gasteiger partial charge in [0.25, 0.3) is 0 Å². The molecule has 0 aliphatic heterocycles. The highest BCUT2D eigenvalue weighted by molar-refractivity contribution is 7.10. The Morgan fingerprint density at radius 3 is 3.10 bits per heavy atom. The molecule has 4 rings (SSSR count). The molecule has 2 aliphatic carbocycles. The molecule has 0 radical (unpaired) electrons. The lowest BCUT2D eigenvalue weighted by Gasteiger charge is -2.31. The SMILES string of the molecule is OC(C1CCCc2sccc21)C1CCc2cccnc21. The van der Waals surface area contributed by atoms with Gasteiger partial charge < -0.3 is 5.11 Å². The number of pyridine rings is 1. The van der Waals surface area contributed by atoms with E-state index in [-0.39, 0.29) is 12.0 Å². The molecule has 0 fully saturated rings. The van der Waals surface area contributed by atoms with Gasteiger partial charge >= 0.3 is 0 Å². The van der Waals surface area contributed by atoms with E-state index in [2.05, 4.69) is 22.5 Å². The van der Waals surface area contributed by atoms with E-state index in [1.165, 1.54) is 28.8 Å². The molecular formula is C17H19NOS. The minimum Gasteiger partial charge on any atom is -0.392 e. The van der Waals surface area contributed by atoms with Crippen molar-refractivity contribution in [3.05, 3.63) is 51.5 Å². The molecule has 0 saturated carbocycles. The van der Waals surface area contributed by atoms with Crippen LogP contribution in [0.4, 0.5) is 0 Å². The monoisotopic (exact) mass is 285 g/mol. The molecule has 0 saturated heterocycles. The minimum absolute atomic E-state index is 0.224. The average Bonchev–Trinajstić information content (AvgIpc) is 3.12. The molecule has 2 heterocycles.